The number of urea groups is 1. The number of amides is 2. The van der Waals surface area contributed by atoms with Crippen LogP contribution in [0.3, 0.4) is 0 Å². The number of para-hydroxylation sites is 1. The molecule has 0 bridgehead atoms. The number of aromatic nitrogens is 1. The summed E-state index contributed by atoms with van der Waals surface area (Å²) >= 11 is 0. The van der Waals surface area contributed by atoms with Crippen LogP contribution in [-0.4, -0.2) is 34.6 Å². The molecule has 6 nitrogen and oxygen atoms in total. The summed E-state index contributed by atoms with van der Waals surface area (Å²) in [5.74, 6) is -0.429. The molecule has 2 heterocycles. The number of ether oxygens (including phenoxy) is 1. The van der Waals surface area contributed by atoms with Crippen LogP contribution in [0.5, 0.6) is 0 Å². The second-order valence-corrected chi connectivity index (χ2v) is 6.75. The van der Waals surface area contributed by atoms with E-state index >= 15 is 0 Å². The van der Waals surface area contributed by atoms with Crippen LogP contribution in [0.1, 0.15) is 54.5 Å². The average molecular weight is 369 g/mol. The zero-order valence-corrected chi connectivity index (χ0v) is 16.2. The minimum Gasteiger partial charge on any atom is -0.462 e. The number of aryl methyl sites for hydroxylation is 1. The minimum atomic E-state index is -0.429. The van der Waals surface area contributed by atoms with Crippen molar-refractivity contribution in [1.82, 2.24) is 9.47 Å². The van der Waals surface area contributed by atoms with Gasteiger partial charge in [0, 0.05) is 24.5 Å². The first-order chi connectivity index (χ1) is 13.1. The Kier molecular flexibility index (Phi) is 5.84. The van der Waals surface area contributed by atoms with E-state index in [4.69, 9.17) is 4.74 Å². The van der Waals surface area contributed by atoms with Crippen molar-refractivity contribution >= 4 is 17.7 Å². The molecule has 1 N–H and O–H groups in total. The zero-order chi connectivity index (χ0) is 19.4. The highest BCUT2D eigenvalue weighted by molar-refractivity contribution is 6.00. The normalized spacial score (nSPS) is 16.0. The summed E-state index contributed by atoms with van der Waals surface area (Å²) in [6.07, 6.45) is 1.88. The standard InChI is InChI=1S/C21H27N3O3/c1-4-8-18-19-12-11-15(3)23(19)13-14-24(18)21(26)22-17-10-7-6-9-16(17)20(25)27-5-2/h6-7,9-12,18H,4-5,8,13-14H2,1-3H3,(H,22,26). The number of hydrogen-bond acceptors (Lipinski definition) is 3. The van der Waals surface area contributed by atoms with E-state index in [-0.39, 0.29) is 12.1 Å². The number of benzene rings is 1. The van der Waals surface area contributed by atoms with E-state index < -0.39 is 5.97 Å². The zero-order valence-electron chi connectivity index (χ0n) is 16.2. The van der Waals surface area contributed by atoms with Gasteiger partial charge in [0.2, 0.25) is 0 Å². The Morgan fingerprint density at radius 1 is 1.15 bits per heavy atom. The monoisotopic (exact) mass is 369 g/mol. The van der Waals surface area contributed by atoms with E-state index in [2.05, 4.69) is 35.9 Å². The first-order valence-electron chi connectivity index (χ1n) is 9.56. The van der Waals surface area contributed by atoms with Gasteiger partial charge in [-0.3, -0.25) is 0 Å². The summed E-state index contributed by atoms with van der Waals surface area (Å²) in [6, 6.07) is 11.0. The molecule has 1 unspecified atom stereocenters. The SMILES string of the molecule is CCCC1c2ccc(C)n2CCN1C(=O)Nc1ccccc1C(=O)OCC. The molecule has 0 saturated carbocycles. The number of carbonyl (C=O) groups excluding carboxylic acids is 2. The van der Waals surface area contributed by atoms with Crippen LogP contribution in [-0.2, 0) is 11.3 Å². The first-order valence-corrected chi connectivity index (χ1v) is 9.56. The number of nitrogens with zero attached hydrogens (tertiary/aromatic N) is 2. The smallest absolute Gasteiger partial charge is 0.340 e. The van der Waals surface area contributed by atoms with E-state index in [1.165, 1.54) is 11.4 Å². The van der Waals surface area contributed by atoms with Gasteiger partial charge in [0.15, 0.2) is 0 Å². The van der Waals surface area contributed by atoms with E-state index in [0.717, 1.165) is 19.4 Å². The molecule has 3 rings (SSSR count). The van der Waals surface area contributed by atoms with Gasteiger partial charge in [-0.15, -0.1) is 0 Å². The highest BCUT2D eigenvalue weighted by atomic mass is 16.5. The molecule has 0 spiro atoms. The van der Waals surface area contributed by atoms with Crippen LogP contribution in [0, 0.1) is 6.92 Å². The third kappa shape index (κ3) is 3.84. The van der Waals surface area contributed by atoms with Gasteiger partial charge in [0.25, 0.3) is 0 Å². The van der Waals surface area contributed by atoms with Gasteiger partial charge in [-0.2, -0.15) is 0 Å². The average Bonchev–Trinajstić information content (AvgIpc) is 3.04. The number of rotatable bonds is 5. The largest absolute Gasteiger partial charge is 0.462 e. The predicted octanol–water partition coefficient (Wildman–Crippen LogP) is 4.36. The Balaban J connectivity index is 1.83. The molecule has 27 heavy (non-hydrogen) atoms. The third-order valence-corrected chi connectivity index (χ3v) is 5.00. The molecular formula is C21H27N3O3. The Hall–Kier alpha value is -2.76. The van der Waals surface area contributed by atoms with Crippen molar-refractivity contribution in [1.29, 1.82) is 0 Å². The molecule has 0 saturated heterocycles. The van der Waals surface area contributed by atoms with Gasteiger partial charge < -0.3 is 19.5 Å². The Morgan fingerprint density at radius 3 is 2.67 bits per heavy atom. The van der Waals surface area contributed by atoms with E-state index in [1.54, 1.807) is 31.2 Å². The minimum absolute atomic E-state index is 0.0344. The molecule has 1 aliphatic rings. The molecule has 2 aromatic rings. The van der Waals surface area contributed by atoms with Crippen LogP contribution in [0.4, 0.5) is 10.5 Å². The summed E-state index contributed by atoms with van der Waals surface area (Å²) in [5.41, 5.74) is 3.25. The van der Waals surface area contributed by atoms with Gasteiger partial charge in [0.1, 0.15) is 0 Å². The molecule has 0 fully saturated rings. The summed E-state index contributed by atoms with van der Waals surface area (Å²) < 4.78 is 7.39. The highest BCUT2D eigenvalue weighted by Gasteiger charge is 2.31. The molecule has 1 aliphatic heterocycles. The Morgan fingerprint density at radius 2 is 1.93 bits per heavy atom. The van der Waals surface area contributed by atoms with Gasteiger partial charge in [-0.05, 0) is 44.5 Å². The van der Waals surface area contributed by atoms with Crippen LogP contribution < -0.4 is 5.32 Å². The van der Waals surface area contributed by atoms with Gasteiger partial charge in [-0.25, -0.2) is 9.59 Å². The van der Waals surface area contributed by atoms with Crippen molar-refractivity contribution in [3.63, 3.8) is 0 Å². The molecular weight excluding hydrogens is 342 g/mol. The van der Waals surface area contributed by atoms with Crippen LogP contribution in [0.25, 0.3) is 0 Å². The fourth-order valence-electron chi connectivity index (χ4n) is 3.70. The number of anilines is 1. The lowest BCUT2D eigenvalue weighted by atomic mass is 10.0. The number of carbonyl (C=O) groups is 2. The van der Waals surface area contributed by atoms with Crippen LogP contribution in [0.2, 0.25) is 0 Å². The lowest BCUT2D eigenvalue weighted by molar-refractivity contribution is 0.0527. The van der Waals surface area contributed by atoms with E-state index in [9.17, 15) is 9.59 Å². The van der Waals surface area contributed by atoms with E-state index in [0.29, 0.717) is 24.4 Å². The van der Waals surface area contributed by atoms with Gasteiger partial charge in [-0.1, -0.05) is 25.5 Å². The third-order valence-electron chi connectivity index (χ3n) is 5.00. The Labute approximate surface area is 160 Å². The van der Waals surface area contributed by atoms with Crippen LogP contribution >= 0.6 is 0 Å². The molecule has 1 atom stereocenters. The van der Waals surface area contributed by atoms with Crippen molar-refractivity contribution in [3.05, 3.63) is 53.3 Å². The van der Waals surface area contributed by atoms with Crippen molar-refractivity contribution in [2.24, 2.45) is 0 Å². The van der Waals surface area contributed by atoms with Crippen molar-refractivity contribution in [2.45, 2.75) is 46.2 Å². The topological polar surface area (TPSA) is 63.6 Å². The maximum Gasteiger partial charge on any atom is 0.340 e. The molecule has 2 amide bonds. The first kappa shape index (κ1) is 19.0. The lowest BCUT2D eigenvalue weighted by Crippen LogP contribution is -2.44. The fourth-order valence-corrected chi connectivity index (χ4v) is 3.70. The quantitative estimate of drug-likeness (QED) is 0.797. The summed E-state index contributed by atoms with van der Waals surface area (Å²) in [4.78, 5) is 27.1. The van der Waals surface area contributed by atoms with Crippen LogP contribution in [0.15, 0.2) is 36.4 Å². The number of fused-ring (bicyclic) bond motifs is 1. The fraction of sp³-hybridized carbons (Fsp3) is 0.429. The lowest BCUT2D eigenvalue weighted by Gasteiger charge is -2.37. The highest BCUT2D eigenvalue weighted by Crippen LogP contribution is 2.32. The maximum absolute atomic E-state index is 13.1. The van der Waals surface area contributed by atoms with Crippen molar-refractivity contribution in [2.75, 3.05) is 18.5 Å². The molecule has 0 aliphatic carbocycles. The second-order valence-electron chi connectivity index (χ2n) is 6.75. The maximum atomic E-state index is 13.1. The summed E-state index contributed by atoms with van der Waals surface area (Å²) in [6.45, 7) is 7.70. The molecule has 6 heteroatoms. The molecule has 1 aromatic carbocycles. The van der Waals surface area contributed by atoms with Gasteiger partial charge >= 0.3 is 12.0 Å². The van der Waals surface area contributed by atoms with Crippen molar-refractivity contribution in [3.8, 4) is 0 Å². The molecule has 1 aromatic heterocycles. The number of esters is 1. The van der Waals surface area contributed by atoms with Gasteiger partial charge in [0.05, 0.1) is 23.9 Å². The molecule has 0 radical (unpaired) electrons. The number of hydrogen-bond donors (Lipinski definition) is 1. The summed E-state index contributed by atoms with van der Waals surface area (Å²) in [5, 5.41) is 2.92. The summed E-state index contributed by atoms with van der Waals surface area (Å²) in [7, 11) is 0. The second kappa shape index (κ2) is 8.29. The number of nitrogens with one attached hydrogen (secondary N) is 1. The predicted molar refractivity (Wildman–Crippen MR) is 105 cm³/mol. The van der Waals surface area contributed by atoms with Crippen molar-refractivity contribution < 1.29 is 14.3 Å². The molecule has 144 valence electrons. The Bertz CT molecular complexity index is 828. The van der Waals surface area contributed by atoms with E-state index in [1.807, 2.05) is 4.90 Å².